The van der Waals surface area contributed by atoms with Crippen molar-refractivity contribution < 1.29 is 15.1 Å². The van der Waals surface area contributed by atoms with Crippen LogP contribution in [-0.4, -0.2) is 34.4 Å². The van der Waals surface area contributed by atoms with Gasteiger partial charge in [0.05, 0.1) is 23.7 Å². The molecule has 3 N–H and O–H groups in total. The summed E-state index contributed by atoms with van der Waals surface area (Å²) in [7, 11) is 0. The van der Waals surface area contributed by atoms with E-state index in [1.54, 1.807) is 6.20 Å². The summed E-state index contributed by atoms with van der Waals surface area (Å²) in [5.41, 5.74) is 1.36. The van der Waals surface area contributed by atoms with E-state index >= 15 is 0 Å². The molecule has 0 radical (unpaired) electrons. The standard InChI is InChI=1S/C16H19ClN2O2/c17-14-8-11(9-19-7-2-1-4-12(19)10-20)16(21)15-13(14)5-3-6-18-15/h3,5-6,8,12,20-21H,1-2,4,7,9-10H2/p+1/t12-/m1/s1. The topological polar surface area (TPSA) is 57.8 Å². The predicted octanol–water partition coefficient (Wildman–Crippen LogP) is 1.52. The van der Waals surface area contributed by atoms with Gasteiger partial charge in [-0.05, 0) is 31.0 Å². The lowest BCUT2D eigenvalue weighted by atomic mass is 10.0. The van der Waals surface area contributed by atoms with E-state index in [-0.39, 0.29) is 18.4 Å². The molecule has 0 aliphatic carbocycles. The van der Waals surface area contributed by atoms with Crippen LogP contribution in [-0.2, 0) is 6.54 Å². The van der Waals surface area contributed by atoms with Gasteiger partial charge >= 0.3 is 0 Å². The Morgan fingerprint density at radius 1 is 1.38 bits per heavy atom. The molecular weight excluding hydrogens is 288 g/mol. The number of halogens is 1. The number of nitrogens with one attached hydrogen (secondary N) is 1. The van der Waals surface area contributed by atoms with Crippen LogP contribution in [0.2, 0.25) is 5.02 Å². The van der Waals surface area contributed by atoms with Crippen LogP contribution in [0.15, 0.2) is 24.4 Å². The number of fused-ring (bicyclic) bond motifs is 1. The Morgan fingerprint density at radius 3 is 3.05 bits per heavy atom. The van der Waals surface area contributed by atoms with E-state index in [0.717, 1.165) is 30.3 Å². The predicted molar refractivity (Wildman–Crippen MR) is 82.7 cm³/mol. The summed E-state index contributed by atoms with van der Waals surface area (Å²) in [5.74, 6) is 0.213. The molecule has 1 saturated heterocycles. The number of aromatic nitrogens is 1. The molecule has 21 heavy (non-hydrogen) atoms. The lowest BCUT2D eigenvalue weighted by molar-refractivity contribution is -0.944. The number of aliphatic hydroxyl groups is 1. The number of phenolic OH excluding ortho intramolecular Hbond substituents is 1. The highest BCUT2D eigenvalue weighted by molar-refractivity contribution is 6.35. The first-order valence-electron chi connectivity index (χ1n) is 7.41. The van der Waals surface area contributed by atoms with Crippen molar-refractivity contribution in [3.63, 3.8) is 0 Å². The molecule has 1 aromatic heterocycles. The van der Waals surface area contributed by atoms with Gasteiger partial charge in [0.1, 0.15) is 18.1 Å². The zero-order chi connectivity index (χ0) is 14.8. The van der Waals surface area contributed by atoms with Crippen LogP contribution < -0.4 is 4.90 Å². The van der Waals surface area contributed by atoms with Crippen molar-refractivity contribution in [3.8, 4) is 5.75 Å². The second-order valence-corrected chi connectivity index (χ2v) is 6.13. The molecule has 1 aromatic carbocycles. The molecular formula is C16H20ClN2O2+. The maximum absolute atomic E-state index is 10.5. The highest BCUT2D eigenvalue weighted by Crippen LogP contribution is 2.32. The van der Waals surface area contributed by atoms with Gasteiger partial charge in [0.2, 0.25) is 0 Å². The van der Waals surface area contributed by atoms with Crippen LogP contribution in [0.4, 0.5) is 0 Å². The van der Waals surface area contributed by atoms with Gasteiger partial charge < -0.3 is 15.1 Å². The number of hydrogen-bond acceptors (Lipinski definition) is 3. The summed E-state index contributed by atoms with van der Waals surface area (Å²) in [6, 6.07) is 5.75. The maximum Gasteiger partial charge on any atom is 0.150 e. The Morgan fingerprint density at radius 2 is 2.24 bits per heavy atom. The van der Waals surface area contributed by atoms with Gasteiger partial charge in [-0.3, -0.25) is 4.98 Å². The number of nitrogens with zero attached hydrogens (tertiary/aromatic N) is 1. The minimum atomic E-state index is 0.190. The van der Waals surface area contributed by atoms with Crippen molar-refractivity contribution in [2.45, 2.75) is 31.8 Å². The first kappa shape index (κ1) is 14.6. The number of rotatable bonds is 3. The van der Waals surface area contributed by atoms with Gasteiger partial charge in [-0.1, -0.05) is 11.6 Å². The van der Waals surface area contributed by atoms with Crippen molar-refractivity contribution in [1.29, 1.82) is 0 Å². The summed E-state index contributed by atoms with van der Waals surface area (Å²) in [4.78, 5) is 5.55. The molecule has 5 heteroatoms. The first-order chi connectivity index (χ1) is 10.2. The number of aromatic hydroxyl groups is 1. The van der Waals surface area contributed by atoms with E-state index in [4.69, 9.17) is 11.6 Å². The molecule has 2 heterocycles. The number of likely N-dealkylation sites (tertiary alicyclic amines) is 1. The van der Waals surface area contributed by atoms with Crippen molar-refractivity contribution in [2.24, 2.45) is 0 Å². The summed E-state index contributed by atoms with van der Waals surface area (Å²) in [6.45, 7) is 1.88. The molecule has 2 atom stereocenters. The Bertz CT molecular complexity index is 647. The molecule has 1 unspecified atom stereocenters. The number of benzene rings is 1. The molecule has 2 aromatic rings. The molecule has 0 saturated carbocycles. The Balaban J connectivity index is 1.95. The van der Waals surface area contributed by atoms with Gasteiger partial charge in [0, 0.05) is 18.0 Å². The van der Waals surface area contributed by atoms with Gasteiger partial charge in [-0.15, -0.1) is 0 Å². The second-order valence-electron chi connectivity index (χ2n) is 5.73. The molecule has 1 aliphatic heterocycles. The van der Waals surface area contributed by atoms with Crippen LogP contribution in [0.5, 0.6) is 5.75 Å². The van der Waals surface area contributed by atoms with Crippen LogP contribution in [0.25, 0.3) is 10.9 Å². The number of quaternary nitrogens is 1. The van der Waals surface area contributed by atoms with Crippen LogP contribution in [0.1, 0.15) is 24.8 Å². The molecule has 1 fully saturated rings. The van der Waals surface area contributed by atoms with Crippen molar-refractivity contribution in [2.75, 3.05) is 13.2 Å². The zero-order valence-electron chi connectivity index (χ0n) is 11.8. The van der Waals surface area contributed by atoms with E-state index in [9.17, 15) is 10.2 Å². The number of hydrogen-bond donors (Lipinski definition) is 3. The average Bonchev–Trinajstić information content (AvgIpc) is 2.53. The van der Waals surface area contributed by atoms with E-state index in [1.807, 2.05) is 18.2 Å². The maximum atomic E-state index is 10.5. The summed E-state index contributed by atoms with van der Waals surface area (Å²) in [5, 5.41) is 21.4. The van der Waals surface area contributed by atoms with Crippen molar-refractivity contribution >= 4 is 22.5 Å². The van der Waals surface area contributed by atoms with E-state index < -0.39 is 0 Å². The Labute approximate surface area is 129 Å². The fourth-order valence-corrected chi connectivity index (χ4v) is 3.51. The van der Waals surface area contributed by atoms with Crippen LogP contribution in [0.3, 0.4) is 0 Å². The van der Waals surface area contributed by atoms with Crippen LogP contribution >= 0.6 is 11.6 Å². The molecule has 3 rings (SSSR count). The summed E-state index contributed by atoms with van der Waals surface area (Å²) in [6.07, 6.45) is 5.02. The second kappa shape index (κ2) is 6.18. The third kappa shape index (κ3) is 2.84. The quantitative estimate of drug-likeness (QED) is 0.806. The zero-order valence-corrected chi connectivity index (χ0v) is 12.6. The molecule has 4 nitrogen and oxygen atoms in total. The van der Waals surface area contributed by atoms with E-state index in [1.165, 1.54) is 11.3 Å². The third-order valence-electron chi connectivity index (χ3n) is 4.41. The number of pyridine rings is 1. The SMILES string of the molecule is OC[C@H]1CCCC[NH+]1Cc1cc(Cl)c2cccnc2c1O. The van der Waals surface area contributed by atoms with Crippen molar-refractivity contribution in [3.05, 3.63) is 35.0 Å². The third-order valence-corrected chi connectivity index (χ3v) is 4.72. The number of aliphatic hydroxyl groups excluding tert-OH is 1. The highest BCUT2D eigenvalue weighted by atomic mass is 35.5. The molecule has 0 bridgehead atoms. The van der Waals surface area contributed by atoms with Gasteiger partial charge in [-0.25, -0.2) is 0 Å². The fourth-order valence-electron chi connectivity index (χ4n) is 3.22. The smallest absolute Gasteiger partial charge is 0.150 e. The molecule has 0 amide bonds. The van der Waals surface area contributed by atoms with Crippen molar-refractivity contribution in [1.82, 2.24) is 4.98 Å². The molecule has 112 valence electrons. The normalized spacial score (nSPS) is 22.6. The monoisotopic (exact) mass is 307 g/mol. The summed E-state index contributed by atoms with van der Waals surface area (Å²) >= 11 is 6.31. The van der Waals surface area contributed by atoms with Gasteiger partial charge in [0.25, 0.3) is 0 Å². The minimum absolute atomic E-state index is 0.190. The van der Waals surface area contributed by atoms with Crippen LogP contribution in [0, 0.1) is 0 Å². The van der Waals surface area contributed by atoms with Gasteiger partial charge in [-0.2, -0.15) is 0 Å². The summed E-state index contributed by atoms with van der Waals surface area (Å²) < 4.78 is 0. The average molecular weight is 308 g/mol. The molecule has 1 aliphatic rings. The number of piperidine rings is 1. The van der Waals surface area contributed by atoms with Gasteiger partial charge in [0.15, 0.2) is 5.75 Å². The number of phenols is 1. The molecule has 0 spiro atoms. The minimum Gasteiger partial charge on any atom is -0.505 e. The fraction of sp³-hybridized carbons (Fsp3) is 0.438. The largest absolute Gasteiger partial charge is 0.505 e. The first-order valence-corrected chi connectivity index (χ1v) is 7.79. The van der Waals surface area contributed by atoms with E-state index in [0.29, 0.717) is 17.1 Å². The lowest BCUT2D eigenvalue weighted by Gasteiger charge is -2.31. The van der Waals surface area contributed by atoms with E-state index in [2.05, 4.69) is 4.98 Å². The Hall–Kier alpha value is -1.36. The highest BCUT2D eigenvalue weighted by Gasteiger charge is 2.27. The Kier molecular flexibility index (Phi) is 4.29. The lowest BCUT2D eigenvalue weighted by Crippen LogP contribution is -3.15.